The largest absolute Gasteiger partial charge is 0.370 e. The summed E-state index contributed by atoms with van der Waals surface area (Å²) in [4.78, 5) is 45.2. The van der Waals surface area contributed by atoms with E-state index < -0.39 is 5.91 Å². The molecular weight excluding hydrogens is 370 g/mol. The van der Waals surface area contributed by atoms with Crippen LogP contribution in [0.3, 0.4) is 0 Å². The Bertz CT molecular complexity index is 1180. The van der Waals surface area contributed by atoms with Gasteiger partial charge in [0.25, 0.3) is 11.8 Å². The van der Waals surface area contributed by atoms with Crippen LogP contribution in [-0.2, 0) is 0 Å². The molecule has 0 aliphatic carbocycles. The van der Waals surface area contributed by atoms with Crippen LogP contribution >= 0.6 is 0 Å². The number of anilines is 2. The highest BCUT2D eigenvalue weighted by Gasteiger charge is 2.22. The standard InChI is InChI=1S/C21H21N5O3/c1-12-8-19(27)25-16-5-4-13(9-14(12)16)24-21(29)15-10-17(20(22)28)23-11-18(15)26-6-2-3-7-26/h4-5,8-11H,2-3,6-7H2,1H3,(H2,22,28)(H,24,29)(H,25,27). The van der Waals surface area contributed by atoms with E-state index in [1.165, 1.54) is 18.3 Å². The van der Waals surface area contributed by atoms with Gasteiger partial charge in [0.15, 0.2) is 0 Å². The predicted molar refractivity (Wildman–Crippen MR) is 111 cm³/mol. The molecule has 2 aromatic heterocycles. The van der Waals surface area contributed by atoms with Gasteiger partial charge in [-0.05, 0) is 49.6 Å². The van der Waals surface area contributed by atoms with Crippen LogP contribution in [0, 0.1) is 6.92 Å². The Balaban J connectivity index is 1.70. The zero-order chi connectivity index (χ0) is 20.5. The predicted octanol–water partition coefficient (Wildman–Crippen LogP) is 2.18. The molecule has 1 fully saturated rings. The first-order valence-corrected chi connectivity index (χ1v) is 9.42. The van der Waals surface area contributed by atoms with Gasteiger partial charge in [-0.2, -0.15) is 0 Å². The molecule has 2 amide bonds. The lowest BCUT2D eigenvalue weighted by molar-refractivity contribution is 0.0995. The molecule has 8 heteroatoms. The molecule has 0 saturated carbocycles. The van der Waals surface area contributed by atoms with Crippen molar-refractivity contribution < 1.29 is 9.59 Å². The van der Waals surface area contributed by atoms with Crippen LogP contribution in [0.15, 0.2) is 41.3 Å². The molecule has 4 rings (SSSR count). The Morgan fingerprint density at radius 3 is 2.66 bits per heavy atom. The Labute approximate surface area is 166 Å². The second-order valence-electron chi connectivity index (χ2n) is 7.18. The topological polar surface area (TPSA) is 121 Å². The number of hydrogen-bond donors (Lipinski definition) is 3. The van der Waals surface area contributed by atoms with Gasteiger partial charge in [-0.25, -0.2) is 4.98 Å². The first-order chi connectivity index (χ1) is 13.9. The molecule has 0 bridgehead atoms. The van der Waals surface area contributed by atoms with Crippen LogP contribution in [0.1, 0.15) is 39.3 Å². The van der Waals surface area contributed by atoms with Crippen molar-refractivity contribution in [2.75, 3.05) is 23.3 Å². The minimum Gasteiger partial charge on any atom is -0.370 e. The van der Waals surface area contributed by atoms with Gasteiger partial charge in [0, 0.05) is 35.7 Å². The molecule has 29 heavy (non-hydrogen) atoms. The quantitative estimate of drug-likeness (QED) is 0.629. The van der Waals surface area contributed by atoms with Gasteiger partial charge in [-0.3, -0.25) is 14.4 Å². The third kappa shape index (κ3) is 3.69. The Morgan fingerprint density at radius 1 is 1.17 bits per heavy atom. The van der Waals surface area contributed by atoms with E-state index in [0.29, 0.717) is 22.5 Å². The second kappa shape index (κ2) is 7.38. The van der Waals surface area contributed by atoms with Crippen molar-refractivity contribution in [3.8, 4) is 0 Å². The molecule has 1 aromatic carbocycles. The summed E-state index contributed by atoms with van der Waals surface area (Å²) in [5.74, 6) is -1.03. The van der Waals surface area contributed by atoms with Crippen LogP contribution in [0.4, 0.5) is 11.4 Å². The summed E-state index contributed by atoms with van der Waals surface area (Å²) < 4.78 is 0. The first kappa shape index (κ1) is 18.7. The molecule has 4 N–H and O–H groups in total. The number of hydrogen-bond acceptors (Lipinski definition) is 5. The number of nitrogens with one attached hydrogen (secondary N) is 2. The van der Waals surface area contributed by atoms with Crippen molar-refractivity contribution in [3.05, 3.63) is 63.7 Å². The number of rotatable bonds is 4. The summed E-state index contributed by atoms with van der Waals surface area (Å²) in [6, 6.07) is 8.24. The Hall–Kier alpha value is -3.68. The summed E-state index contributed by atoms with van der Waals surface area (Å²) in [6.45, 7) is 3.51. The van der Waals surface area contributed by atoms with Crippen LogP contribution in [-0.4, -0.2) is 34.9 Å². The number of aromatic amines is 1. The van der Waals surface area contributed by atoms with Crippen molar-refractivity contribution in [3.63, 3.8) is 0 Å². The molecule has 1 aliphatic heterocycles. The lowest BCUT2D eigenvalue weighted by atomic mass is 10.1. The summed E-state index contributed by atoms with van der Waals surface area (Å²) in [7, 11) is 0. The number of nitrogens with two attached hydrogens (primary N) is 1. The number of amides is 2. The molecule has 148 valence electrons. The van der Waals surface area contributed by atoms with Crippen LogP contribution in [0.25, 0.3) is 10.9 Å². The van der Waals surface area contributed by atoms with Crippen LogP contribution in [0.2, 0.25) is 0 Å². The summed E-state index contributed by atoms with van der Waals surface area (Å²) >= 11 is 0. The van der Waals surface area contributed by atoms with Gasteiger partial charge in [-0.1, -0.05) is 0 Å². The molecule has 0 spiro atoms. The lowest BCUT2D eigenvalue weighted by Gasteiger charge is -2.21. The van der Waals surface area contributed by atoms with E-state index in [1.807, 2.05) is 13.0 Å². The van der Waals surface area contributed by atoms with E-state index in [4.69, 9.17) is 5.73 Å². The third-order valence-corrected chi connectivity index (χ3v) is 5.13. The van der Waals surface area contributed by atoms with Gasteiger partial charge >= 0.3 is 0 Å². The maximum Gasteiger partial charge on any atom is 0.267 e. The molecule has 3 heterocycles. The smallest absolute Gasteiger partial charge is 0.267 e. The second-order valence-corrected chi connectivity index (χ2v) is 7.18. The molecule has 1 saturated heterocycles. The maximum absolute atomic E-state index is 13.1. The number of carbonyl (C=O) groups is 2. The van der Waals surface area contributed by atoms with Crippen molar-refractivity contribution in [2.24, 2.45) is 5.73 Å². The fraction of sp³-hybridized carbons (Fsp3) is 0.238. The fourth-order valence-electron chi connectivity index (χ4n) is 3.67. The highest BCUT2D eigenvalue weighted by atomic mass is 16.2. The molecular formula is C21H21N5O3. The lowest BCUT2D eigenvalue weighted by Crippen LogP contribution is -2.24. The van der Waals surface area contributed by atoms with E-state index in [-0.39, 0.29) is 17.2 Å². The number of pyridine rings is 2. The normalized spacial score (nSPS) is 13.6. The Morgan fingerprint density at radius 2 is 1.93 bits per heavy atom. The Kier molecular flexibility index (Phi) is 4.75. The number of fused-ring (bicyclic) bond motifs is 1. The molecule has 0 atom stereocenters. The molecule has 1 aliphatic rings. The first-order valence-electron chi connectivity index (χ1n) is 9.42. The third-order valence-electron chi connectivity index (χ3n) is 5.13. The monoisotopic (exact) mass is 391 g/mol. The van der Waals surface area contributed by atoms with Crippen LogP contribution < -0.4 is 21.5 Å². The van der Waals surface area contributed by atoms with E-state index >= 15 is 0 Å². The van der Waals surface area contributed by atoms with Crippen molar-refractivity contribution in [2.45, 2.75) is 19.8 Å². The van der Waals surface area contributed by atoms with Crippen molar-refractivity contribution in [1.82, 2.24) is 9.97 Å². The number of carbonyl (C=O) groups excluding carboxylic acids is 2. The molecule has 3 aromatic rings. The van der Waals surface area contributed by atoms with E-state index in [2.05, 4.69) is 20.2 Å². The summed E-state index contributed by atoms with van der Waals surface area (Å²) in [6.07, 6.45) is 3.62. The maximum atomic E-state index is 13.1. The van der Waals surface area contributed by atoms with E-state index in [0.717, 1.165) is 36.9 Å². The van der Waals surface area contributed by atoms with Gasteiger partial charge < -0.3 is 20.9 Å². The summed E-state index contributed by atoms with van der Waals surface area (Å²) in [5.41, 5.74) is 8.38. The number of primary amides is 1. The van der Waals surface area contributed by atoms with E-state index in [9.17, 15) is 14.4 Å². The zero-order valence-corrected chi connectivity index (χ0v) is 16.0. The van der Waals surface area contributed by atoms with Gasteiger partial charge in [0.05, 0.1) is 17.4 Å². The molecule has 0 radical (unpaired) electrons. The average molecular weight is 391 g/mol. The average Bonchev–Trinajstić information content (AvgIpc) is 3.22. The highest BCUT2D eigenvalue weighted by Crippen LogP contribution is 2.26. The molecule has 0 unspecified atom stereocenters. The minimum atomic E-state index is -0.683. The number of aryl methyl sites for hydroxylation is 1. The summed E-state index contributed by atoms with van der Waals surface area (Å²) in [5, 5.41) is 3.73. The van der Waals surface area contributed by atoms with E-state index in [1.54, 1.807) is 12.1 Å². The fourth-order valence-corrected chi connectivity index (χ4v) is 3.67. The number of H-pyrrole nitrogens is 1. The number of aromatic nitrogens is 2. The van der Waals surface area contributed by atoms with Crippen molar-refractivity contribution >= 4 is 34.1 Å². The number of benzene rings is 1. The van der Waals surface area contributed by atoms with Gasteiger partial charge in [0.1, 0.15) is 5.69 Å². The van der Waals surface area contributed by atoms with Gasteiger partial charge in [0.2, 0.25) is 5.56 Å². The van der Waals surface area contributed by atoms with Crippen molar-refractivity contribution in [1.29, 1.82) is 0 Å². The van der Waals surface area contributed by atoms with Gasteiger partial charge in [-0.15, -0.1) is 0 Å². The van der Waals surface area contributed by atoms with Crippen LogP contribution in [0.5, 0.6) is 0 Å². The minimum absolute atomic E-state index is 0.0463. The SMILES string of the molecule is Cc1cc(=O)[nH]c2ccc(NC(=O)c3cc(C(N)=O)ncc3N3CCCC3)cc12. The zero-order valence-electron chi connectivity index (χ0n) is 16.0. The molecule has 8 nitrogen and oxygen atoms in total. The highest BCUT2D eigenvalue weighted by molar-refractivity contribution is 6.10. The number of nitrogens with zero attached hydrogens (tertiary/aromatic N) is 2.